The summed E-state index contributed by atoms with van der Waals surface area (Å²) in [7, 11) is 0. The maximum Gasteiger partial charge on any atom is 0.0720 e. The predicted molar refractivity (Wildman–Crippen MR) is 187 cm³/mol. The molecule has 9 rings (SSSR count). The van der Waals surface area contributed by atoms with Crippen LogP contribution in [-0.4, -0.2) is 0 Å². The van der Waals surface area contributed by atoms with Gasteiger partial charge in [-0.15, -0.1) is 0 Å². The minimum absolute atomic E-state index is 0.392. The van der Waals surface area contributed by atoms with E-state index < -0.39 is 10.8 Å². The van der Waals surface area contributed by atoms with Crippen LogP contribution in [0.3, 0.4) is 0 Å². The molecule has 6 aromatic carbocycles. The van der Waals surface area contributed by atoms with Crippen LogP contribution in [0.5, 0.6) is 0 Å². The molecule has 0 bridgehead atoms. The molecule has 45 heavy (non-hydrogen) atoms. The molecule has 0 aromatic heterocycles. The van der Waals surface area contributed by atoms with Crippen molar-refractivity contribution in [3.8, 4) is 22.3 Å². The van der Waals surface area contributed by atoms with Gasteiger partial charge in [0.05, 0.1) is 10.8 Å². The largest absolute Gasteiger partial charge is 0.0842 e. The van der Waals surface area contributed by atoms with Crippen LogP contribution in [0.1, 0.15) is 57.3 Å². The molecule has 3 aliphatic rings. The monoisotopic (exact) mass is 574 g/mol. The van der Waals surface area contributed by atoms with E-state index in [2.05, 4.69) is 171 Å². The van der Waals surface area contributed by atoms with Crippen LogP contribution in [0, 0.1) is 6.92 Å². The summed E-state index contributed by atoms with van der Waals surface area (Å²) in [6, 6.07) is 55.1. The number of aryl methyl sites for hydroxylation is 1. The van der Waals surface area contributed by atoms with Gasteiger partial charge in [0.15, 0.2) is 0 Å². The fourth-order valence-electron chi connectivity index (χ4n) is 8.89. The van der Waals surface area contributed by atoms with E-state index in [1.807, 2.05) is 0 Å². The molecule has 214 valence electrons. The van der Waals surface area contributed by atoms with Gasteiger partial charge < -0.3 is 0 Å². The fraction of sp³-hybridized carbons (Fsp3) is 0.111. The van der Waals surface area contributed by atoms with Crippen LogP contribution in [0.2, 0.25) is 0 Å². The Hall–Kier alpha value is -5.20. The zero-order chi connectivity index (χ0) is 30.0. The van der Waals surface area contributed by atoms with Gasteiger partial charge in [0.1, 0.15) is 0 Å². The predicted octanol–water partition coefficient (Wildman–Crippen LogP) is 10.9. The highest BCUT2D eigenvalue weighted by Crippen LogP contribution is 2.65. The fourth-order valence-corrected chi connectivity index (χ4v) is 8.89. The molecule has 0 heteroatoms. The highest BCUT2D eigenvalue weighted by molar-refractivity contribution is 5.96. The number of rotatable bonds is 3. The van der Waals surface area contributed by atoms with Crippen molar-refractivity contribution in [2.24, 2.45) is 0 Å². The molecule has 0 radical (unpaired) electrons. The molecule has 1 spiro atoms. The van der Waals surface area contributed by atoms with Crippen LogP contribution in [0.25, 0.3) is 22.3 Å². The normalized spacial score (nSPS) is 20.6. The van der Waals surface area contributed by atoms with Crippen molar-refractivity contribution in [1.82, 2.24) is 0 Å². The van der Waals surface area contributed by atoms with Gasteiger partial charge in [0, 0.05) is 0 Å². The lowest BCUT2D eigenvalue weighted by atomic mass is 9.50. The van der Waals surface area contributed by atoms with E-state index in [9.17, 15) is 0 Å². The lowest BCUT2D eigenvalue weighted by molar-refractivity contribution is 0.595. The summed E-state index contributed by atoms with van der Waals surface area (Å²) in [6.45, 7) is 2.16. The second-order valence-corrected chi connectivity index (χ2v) is 12.8. The van der Waals surface area contributed by atoms with Crippen molar-refractivity contribution in [1.29, 1.82) is 0 Å². The first-order valence-corrected chi connectivity index (χ1v) is 16.2. The average Bonchev–Trinajstić information content (AvgIpc) is 3.41. The topological polar surface area (TPSA) is 0 Å². The van der Waals surface area contributed by atoms with Crippen molar-refractivity contribution in [3.63, 3.8) is 0 Å². The summed E-state index contributed by atoms with van der Waals surface area (Å²) in [6.07, 6.45) is 9.06. The second-order valence-electron chi connectivity index (χ2n) is 12.8. The van der Waals surface area contributed by atoms with Gasteiger partial charge >= 0.3 is 0 Å². The van der Waals surface area contributed by atoms with E-state index in [-0.39, 0.29) is 0 Å². The zero-order valence-corrected chi connectivity index (χ0v) is 25.5. The second kappa shape index (κ2) is 9.91. The maximum atomic E-state index is 2.42. The Balaban J connectivity index is 1.46. The minimum atomic E-state index is -0.441. The Bertz CT molecular complexity index is 2110. The molecule has 0 atom stereocenters. The molecule has 0 N–H and O–H groups in total. The molecule has 0 fully saturated rings. The molecule has 0 amide bonds. The molecule has 3 aliphatic carbocycles. The standard InChI is InChI=1S/C45H34/c1-31-27-29-32(30-28-31)35-20-14-26-42-43(35)36-19-8-9-21-37(36)45(42)40-24-12-10-22-38(40)44(33-15-4-2-5-16-33,34-17-6-3-7-18-34)39-23-11-13-25-41(39)45/h2-6,8-17,19-30H,7,18H2,1H3. The van der Waals surface area contributed by atoms with Crippen molar-refractivity contribution in [3.05, 3.63) is 214 Å². The van der Waals surface area contributed by atoms with Gasteiger partial charge in [-0.3, -0.25) is 0 Å². The van der Waals surface area contributed by atoms with Gasteiger partial charge in [0.25, 0.3) is 0 Å². The van der Waals surface area contributed by atoms with E-state index in [4.69, 9.17) is 0 Å². The van der Waals surface area contributed by atoms with E-state index in [1.165, 1.54) is 72.3 Å². The van der Waals surface area contributed by atoms with Gasteiger partial charge in [0.2, 0.25) is 0 Å². The zero-order valence-electron chi connectivity index (χ0n) is 25.5. The third-order valence-corrected chi connectivity index (χ3v) is 10.6. The molecule has 0 heterocycles. The lowest BCUT2D eigenvalue weighted by Gasteiger charge is -2.51. The lowest BCUT2D eigenvalue weighted by Crippen LogP contribution is -2.45. The summed E-state index contributed by atoms with van der Waals surface area (Å²) in [5, 5.41) is 0. The van der Waals surface area contributed by atoms with Crippen LogP contribution in [0.15, 0.2) is 169 Å². The Labute approximate surface area is 266 Å². The van der Waals surface area contributed by atoms with E-state index in [1.54, 1.807) is 0 Å². The van der Waals surface area contributed by atoms with Crippen LogP contribution >= 0.6 is 0 Å². The maximum absolute atomic E-state index is 2.42. The number of hydrogen-bond donors (Lipinski definition) is 0. The van der Waals surface area contributed by atoms with Gasteiger partial charge in [-0.05, 0) is 81.0 Å². The van der Waals surface area contributed by atoms with E-state index in [0.717, 1.165) is 12.8 Å². The van der Waals surface area contributed by atoms with Crippen molar-refractivity contribution in [2.75, 3.05) is 0 Å². The summed E-state index contributed by atoms with van der Waals surface area (Å²) in [5.41, 5.74) is 16.8. The third kappa shape index (κ3) is 3.43. The van der Waals surface area contributed by atoms with Crippen LogP contribution in [-0.2, 0) is 10.8 Å². The first kappa shape index (κ1) is 26.2. The Morgan fingerprint density at radius 2 is 1.02 bits per heavy atom. The van der Waals surface area contributed by atoms with Gasteiger partial charge in [-0.2, -0.15) is 0 Å². The molecule has 0 saturated carbocycles. The smallest absolute Gasteiger partial charge is 0.0720 e. The van der Waals surface area contributed by atoms with Crippen molar-refractivity contribution in [2.45, 2.75) is 30.6 Å². The Kier molecular flexibility index (Phi) is 5.77. The highest BCUT2D eigenvalue weighted by Gasteiger charge is 2.57. The number of hydrogen-bond acceptors (Lipinski definition) is 0. The van der Waals surface area contributed by atoms with E-state index >= 15 is 0 Å². The molecule has 0 aliphatic heterocycles. The van der Waals surface area contributed by atoms with Gasteiger partial charge in [-0.1, -0.05) is 175 Å². The van der Waals surface area contributed by atoms with Crippen molar-refractivity contribution >= 4 is 0 Å². The summed E-state index contributed by atoms with van der Waals surface area (Å²) >= 11 is 0. The first-order valence-electron chi connectivity index (χ1n) is 16.2. The Morgan fingerprint density at radius 1 is 0.467 bits per heavy atom. The minimum Gasteiger partial charge on any atom is -0.0842 e. The average molecular weight is 575 g/mol. The number of fused-ring (bicyclic) bond motifs is 9. The SMILES string of the molecule is Cc1ccc(-c2cccc3c2-c2ccccc2C32c3ccccc3C(C3=CC=CCC3)(c3ccccc3)c3ccccc32)cc1. The molecule has 0 saturated heterocycles. The van der Waals surface area contributed by atoms with Crippen LogP contribution < -0.4 is 0 Å². The molecular weight excluding hydrogens is 540 g/mol. The number of benzene rings is 6. The third-order valence-electron chi connectivity index (χ3n) is 10.6. The first-order chi connectivity index (χ1) is 22.3. The van der Waals surface area contributed by atoms with Crippen LogP contribution in [0.4, 0.5) is 0 Å². The van der Waals surface area contributed by atoms with Gasteiger partial charge in [-0.25, -0.2) is 0 Å². The summed E-state index contributed by atoms with van der Waals surface area (Å²) in [4.78, 5) is 0. The summed E-state index contributed by atoms with van der Waals surface area (Å²) in [5.74, 6) is 0. The quantitative estimate of drug-likeness (QED) is 0.197. The Morgan fingerprint density at radius 3 is 1.67 bits per heavy atom. The summed E-state index contributed by atoms with van der Waals surface area (Å²) < 4.78 is 0. The molecule has 0 nitrogen and oxygen atoms in total. The van der Waals surface area contributed by atoms with Crippen molar-refractivity contribution < 1.29 is 0 Å². The molecular formula is C45H34. The molecule has 6 aromatic rings. The highest BCUT2D eigenvalue weighted by atomic mass is 14.6. The number of allylic oxidation sites excluding steroid dienone is 4. The molecule has 0 unspecified atom stereocenters. The van der Waals surface area contributed by atoms with E-state index in [0.29, 0.717) is 0 Å².